The minimum atomic E-state index is -0.928. The first kappa shape index (κ1) is 11.8. The van der Waals surface area contributed by atoms with Gasteiger partial charge in [0.25, 0.3) is 0 Å². The van der Waals surface area contributed by atoms with E-state index in [-0.39, 0.29) is 6.61 Å². The zero-order chi connectivity index (χ0) is 11.5. The van der Waals surface area contributed by atoms with Gasteiger partial charge in [-0.2, -0.15) is 0 Å². The summed E-state index contributed by atoms with van der Waals surface area (Å²) < 4.78 is 5.29. The number of carboxylic acid groups (broad SMARTS) is 1. The molecule has 0 amide bonds. The van der Waals surface area contributed by atoms with Crippen LogP contribution < -0.4 is 4.74 Å². The largest absolute Gasteiger partial charge is 0.491 e. The number of aromatic nitrogens is 1. The molecular weight excluding hydrogens is 218 g/mol. The molecule has 0 saturated heterocycles. The molecule has 0 aliphatic rings. The van der Waals surface area contributed by atoms with Gasteiger partial charge in [0.2, 0.25) is 0 Å². The van der Waals surface area contributed by atoms with Crippen molar-refractivity contribution >= 4 is 17.6 Å². The fraction of sp³-hybridized carbons (Fsp3) is 0.400. The molecule has 0 aliphatic carbocycles. The molecule has 15 heavy (non-hydrogen) atoms. The summed E-state index contributed by atoms with van der Waals surface area (Å²) in [6.07, 6.45) is 2.97. The van der Waals surface area contributed by atoms with Crippen molar-refractivity contribution in [2.24, 2.45) is 5.41 Å². The summed E-state index contributed by atoms with van der Waals surface area (Å²) in [5, 5.41) is 9.31. The number of carbonyl (C=O) groups is 1. The Kier molecular flexibility index (Phi) is 3.52. The van der Waals surface area contributed by atoms with Gasteiger partial charge in [-0.1, -0.05) is 11.6 Å². The normalized spacial score (nSPS) is 11.1. The van der Waals surface area contributed by atoms with Gasteiger partial charge in [-0.05, 0) is 13.8 Å². The molecule has 82 valence electrons. The topological polar surface area (TPSA) is 59.4 Å². The molecule has 0 aliphatic heterocycles. The van der Waals surface area contributed by atoms with Gasteiger partial charge in [0.1, 0.15) is 12.4 Å². The van der Waals surface area contributed by atoms with E-state index in [0.717, 1.165) is 0 Å². The van der Waals surface area contributed by atoms with Crippen LogP contribution in [0.2, 0.25) is 5.02 Å². The Morgan fingerprint density at radius 2 is 2.27 bits per heavy atom. The lowest BCUT2D eigenvalue weighted by molar-refractivity contribution is -0.148. The molecule has 0 unspecified atom stereocenters. The highest BCUT2D eigenvalue weighted by Crippen LogP contribution is 2.20. The second kappa shape index (κ2) is 4.49. The van der Waals surface area contributed by atoms with Crippen molar-refractivity contribution in [1.82, 2.24) is 4.98 Å². The van der Waals surface area contributed by atoms with Gasteiger partial charge < -0.3 is 9.84 Å². The van der Waals surface area contributed by atoms with Gasteiger partial charge in [0.15, 0.2) is 0 Å². The zero-order valence-electron chi connectivity index (χ0n) is 8.53. The SMILES string of the molecule is CC(C)(COc1cncc(Cl)c1)C(=O)O. The maximum absolute atomic E-state index is 10.8. The Morgan fingerprint density at radius 3 is 2.80 bits per heavy atom. The van der Waals surface area contributed by atoms with Crippen molar-refractivity contribution in [1.29, 1.82) is 0 Å². The molecule has 4 nitrogen and oxygen atoms in total. The molecule has 0 bridgehead atoms. The smallest absolute Gasteiger partial charge is 0.312 e. The highest BCUT2D eigenvalue weighted by Gasteiger charge is 2.28. The molecule has 0 aromatic carbocycles. The first-order valence-electron chi connectivity index (χ1n) is 4.38. The van der Waals surface area contributed by atoms with E-state index in [9.17, 15) is 4.79 Å². The Labute approximate surface area is 92.8 Å². The summed E-state index contributed by atoms with van der Waals surface area (Å²) in [5.41, 5.74) is -0.928. The number of halogens is 1. The molecule has 0 fully saturated rings. The third-order valence-corrected chi connectivity index (χ3v) is 2.07. The predicted octanol–water partition coefficient (Wildman–Crippen LogP) is 2.22. The second-order valence-electron chi connectivity index (χ2n) is 3.82. The number of nitrogens with zero attached hydrogens (tertiary/aromatic N) is 1. The van der Waals surface area contributed by atoms with Gasteiger partial charge >= 0.3 is 5.97 Å². The fourth-order valence-electron chi connectivity index (χ4n) is 0.797. The first-order valence-corrected chi connectivity index (χ1v) is 4.76. The minimum Gasteiger partial charge on any atom is -0.491 e. The monoisotopic (exact) mass is 229 g/mol. The summed E-state index contributed by atoms with van der Waals surface area (Å²) >= 11 is 5.70. The van der Waals surface area contributed by atoms with Gasteiger partial charge in [-0.3, -0.25) is 9.78 Å². The van der Waals surface area contributed by atoms with Gasteiger partial charge in [-0.15, -0.1) is 0 Å². The van der Waals surface area contributed by atoms with Crippen LogP contribution in [-0.4, -0.2) is 22.7 Å². The molecular formula is C10H12ClNO3. The van der Waals surface area contributed by atoms with Crippen LogP contribution in [0.15, 0.2) is 18.5 Å². The van der Waals surface area contributed by atoms with E-state index < -0.39 is 11.4 Å². The number of pyridine rings is 1. The highest BCUT2D eigenvalue weighted by atomic mass is 35.5. The quantitative estimate of drug-likeness (QED) is 0.860. The van der Waals surface area contributed by atoms with E-state index in [0.29, 0.717) is 10.8 Å². The molecule has 0 atom stereocenters. The summed E-state index contributed by atoms with van der Waals surface area (Å²) in [4.78, 5) is 14.6. The predicted molar refractivity (Wildman–Crippen MR) is 56.2 cm³/mol. The Bertz CT molecular complexity index is 365. The standard InChI is InChI=1S/C10H12ClNO3/c1-10(2,9(13)14)6-15-8-3-7(11)4-12-5-8/h3-5H,6H2,1-2H3,(H,13,14). The van der Waals surface area contributed by atoms with Crippen LogP contribution in [0.4, 0.5) is 0 Å². The van der Waals surface area contributed by atoms with Crippen molar-refractivity contribution in [2.45, 2.75) is 13.8 Å². The average molecular weight is 230 g/mol. The van der Waals surface area contributed by atoms with E-state index in [4.69, 9.17) is 21.4 Å². The number of aliphatic carboxylic acids is 1. The summed E-state index contributed by atoms with van der Waals surface area (Å²) in [6, 6.07) is 1.59. The lowest BCUT2D eigenvalue weighted by Gasteiger charge is -2.19. The van der Waals surface area contributed by atoms with Crippen molar-refractivity contribution in [3.63, 3.8) is 0 Å². The van der Waals surface area contributed by atoms with E-state index >= 15 is 0 Å². The number of ether oxygens (including phenoxy) is 1. The maximum atomic E-state index is 10.8. The van der Waals surface area contributed by atoms with Crippen molar-refractivity contribution in [2.75, 3.05) is 6.61 Å². The lowest BCUT2D eigenvalue weighted by atomic mass is 9.95. The zero-order valence-corrected chi connectivity index (χ0v) is 9.28. The van der Waals surface area contributed by atoms with E-state index in [1.807, 2.05) is 0 Å². The summed E-state index contributed by atoms with van der Waals surface area (Å²) in [6.45, 7) is 3.25. The van der Waals surface area contributed by atoms with Crippen molar-refractivity contribution in [3.05, 3.63) is 23.5 Å². The Hall–Kier alpha value is -1.29. The van der Waals surface area contributed by atoms with Crippen LogP contribution in [0, 0.1) is 5.41 Å². The lowest BCUT2D eigenvalue weighted by Crippen LogP contribution is -2.30. The van der Waals surface area contributed by atoms with Gasteiger partial charge in [0.05, 0.1) is 16.6 Å². The molecule has 1 rings (SSSR count). The molecule has 1 N–H and O–H groups in total. The summed E-state index contributed by atoms with van der Waals surface area (Å²) in [5.74, 6) is -0.436. The summed E-state index contributed by atoms with van der Waals surface area (Å²) in [7, 11) is 0. The molecule has 0 spiro atoms. The molecule has 5 heteroatoms. The molecule has 0 radical (unpaired) electrons. The third-order valence-electron chi connectivity index (χ3n) is 1.86. The van der Waals surface area contributed by atoms with E-state index in [1.54, 1.807) is 19.9 Å². The number of hydrogen-bond acceptors (Lipinski definition) is 3. The Balaban J connectivity index is 2.61. The van der Waals surface area contributed by atoms with Crippen molar-refractivity contribution < 1.29 is 14.6 Å². The third kappa shape index (κ3) is 3.40. The van der Waals surface area contributed by atoms with Gasteiger partial charge in [0, 0.05) is 12.3 Å². The van der Waals surface area contributed by atoms with Crippen LogP contribution in [0.25, 0.3) is 0 Å². The van der Waals surface area contributed by atoms with E-state index in [1.165, 1.54) is 12.4 Å². The Morgan fingerprint density at radius 1 is 1.60 bits per heavy atom. The molecule has 0 saturated carbocycles. The molecule has 1 heterocycles. The van der Waals surface area contributed by atoms with Crippen LogP contribution in [-0.2, 0) is 4.79 Å². The number of carboxylic acids is 1. The van der Waals surface area contributed by atoms with Crippen LogP contribution in [0.1, 0.15) is 13.8 Å². The van der Waals surface area contributed by atoms with Crippen molar-refractivity contribution in [3.8, 4) is 5.75 Å². The minimum absolute atomic E-state index is 0.0738. The first-order chi connectivity index (χ1) is 6.92. The van der Waals surface area contributed by atoms with E-state index in [2.05, 4.69) is 4.98 Å². The van der Waals surface area contributed by atoms with Crippen LogP contribution in [0.3, 0.4) is 0 Å². The average Bonchev–Trinajstić information content (AvgIpc) is 2.15. The number of rotatable bonds is 4. The fourth-order valence-corrected chi connectivity index (χ4v) is 0.961. The molecule has 1 aromatic heterocycles. The molecule has 1 aromatic rings. The maximum Gasteiger partial charge on any atom is 0.312 e. The second-order valence-corrected chi connectivity index (χ2v) is 4.25. The number of hydrogen-bond donors (Lipinski definition) is 1. The van der Waals surface area contributed by atoms with Crippen LogP contribution in [0.5, 0.6) is 5.75 Å². The van der Waals surface area contributed by atoms with Crippen LogP contribution >= 0.6 is 11.6 Å². The highest BCUT2D eigenvalue weighted by molar-refractivity contribution is 6.30. The van der Waals surface area contributed by atoms with Gasteiger partial charge in [-0.25, -0.2) is 0 Å².